The Morgan fingerprint density at radius 3 is 2.54 bits per heavy atom. The van der Waals surface area contributed by atoms with Gasteiger partial charge in [-0.3, -0.25) is 0 Å². The van der Waals surface area contributed by atoms with Crippen molar-refractivity contribution in [3.63, 3.8) is 0 Å². The lowest BCUT2D eigenvalue weighted by molar-refractivity contribution is 0.450. The van der Waals surface area contributed by atoms with Gasteiger partial charge in [0.25, 0.3) is 0 Å². The van der Waals surface area contributed by atoms with E-state index in [1.807, 2.05) is 0 Å². The van der Waals surface area contributed by atoms with Crippen molar-refractivity contribution in [2.45, 2.75) is 46.1 Å². The first kappa shape index (κ1) is 10.8. The van der Waals surface area contributed by atoms with Gasteiger partial charge in [-0.2, -0.15) is 0 Å². The van der Waals surface area contributed by atoms with Crippen LogP contribution in [0.4, 0.5) is 0 Å². The van der Waals surface area contributed by atoms with E-state index in [4.69, 9.17) is 0 Å². The highest BCUT2D eigenvalue weighted by Gasteiger charge is 2.38. The van der Waals surface area contributed by atoms with Gasteiger partial charge in [0.2, 0.25) is 0 Å². The van der Waals surface area contributed by atoms with E-state index < -0.39 is 0 Å². The number of nitrogens with one attached hydrogen (secondary N) is 1. The molecule has 13 heavy (non-hydrogen) atoms. The third-order valence-corrected chi connectivity index (χ3v) is 3.16. The van der Waals surface area contributed by atoms with Crippen LogP contribution in [-0.2, 0) is 0 Å². The van der Waals surface area contributed by atoms with Crippen LogP contribution in [0, 0.1) is 11.8 Å². The highest BCUT2D eigenvalue weighted by molar-refractivity contribution is 5.02. The van der Waals surface area contributed by atoms with Gasteiger partial charge in [-0.05, 0) is 37.6 Å². The predicted octanol–water partition coefficient (Wildman–Crippen LogP) is 2.98. The summed E-state index contributed by atoms with van der Waals surface area (Å²) < 4.78 is 0. The summed E-state index contributed by atoms with van der Waals surface area (Å²) in [4.78, 5) is 0. The Morgan fingerprint density at radius 2 is 2.15 bits per heavy atom. The van der Waals surface area contributed by atoms with E-state index >= 15 is 0 Å². The van der Waals surface area contributed by atoms with E-state index in [0.717, 1.165) is 24.8 Å². The van der Waals surface area contributed by atoms with Gasteiger partial charge >= 0.3 is 0 Å². The average Bonchev–Trinajstić information content (AvgIpc) is 2.81. The van der Waals surface area contributed by atoms with E-state index in [-0.39, 0.29) is 0 Å². The molecule has 0 bridgehead atoms. The van der Waals surface area contributed by atoms with Crippen molar-refractivity contribution >= 4 is 0 Å². The van der Waals surface area contributed by atoms with Crippen LogP contribution < -0.4 is 5.32 Å². The summed E-state index contributed by atoms with van der Waals surface area (Å²) in [5.74, 6) is 1.86. The maximum atomic E-state index is 4.09. The van der Waals surface area contributed by atoms with Crippen LogP contribution in [0.15, 0.2) is 12.2 Å². The van der Waals surface area contributed by atoms with Crippen molar-refractivity contribution in [3.05, 3.63) is 12.2 Å². The van der Waals surface area contributed by atoms with E-state index in [1.54, 1.807) is 0 Å². The number of hydrogen-bond acceptors (Lipinski definition) is 1. The van der Waals surface area contributed by atoms with E-state index in [2.05, 4.69) is 32.7 Å². The Labute approximate surface area is 82.6 Å². The van der Waals surface area contributed by atoms with Gasteiger partial charge in [-0.15, -0.1) is 0 Å². The lowest BCUT2D eigenvalue weighted by Crippen LogP contribution is -2.31. The fraction of sp³-hybridized carbons (Fsp3) is 0.833. The first-order chi connectivity index (χ1) is 6.19. The molecule has 0 radical (unpaired) electrons. The Balaban J connectivity index is 2.34. The summed E-state index contributed by atoms with van der Waals surface area (Å²) in [5, 5.41) is 3.58. The second-order valence-corrected chi connectivity index (χ2v) is 4.35. The lowest BCUT2D eigenvalue weighted by Gasteiger charge is -2.18. The minimum Gasteiger partial charge on any atom is -0.314 e. The first-order valence-corrected chi connectivity index (χ1v) is 5.59. The number of rotatable bonds is 6. The Hall–Kier alpha value is -0.300. The zero-order valence-corrected chi connectivity index (χ0v) is 9.27. The molecule has 0 saturated heterocycles. The summed E-state index contributed by atoms with van der Waals surface area (Å²) in [5.41, 5.74) is 1.39. The Morgan fingerprint density at radius 1 is 1.54 bits per heavy atom. The van der Waals surface area contributed by atoms with Crippen molar-refractivity contribution in [3.8, 4) is 0 Å². The fourth-order valence-corrected chi connectivity index (χ4v) is 2.00. The molecule has 1 nitrogen and oxygen atoms in total. The standard InChI is InChI=1S/C12H23N/c1-5-9(3)7-12(13-6-2)11-8-10(11)4/h10-13H,3,5-8H2,1-2,4H3. The van der Waals surface area contributed by atoms with E-state index in [0.29, 0.717) is 6.04 Å². The van der Waals surface area contributed by atoms with Crippen LogP contribution in [0.3, 0.4) is 0 Å². The fourth-order valence-electron chi connectivity index (χ4n) is 2.00. The van der Waals surface area contributed by atoms with Crippen LogP contribution >= 0.6 is 0 Å². The van der Waals surface area contributed by atoms with E-state index in [9.17, 15) is 0 Å². The van der Waals surface area contributed by atoms with Crippen LogP contribution in [0.1, 0.15) is 40.0 Å². The monoisotopic (exact) mass is 181 g/mol. The molecule has 0 spiro atoms. The van der Waals surface area contributed by atoms with Gasteiger partial charge in [0.15, 0.2) is 0 Å². The van der Waals surface area contributed by atoms with Crippen LogP contribution in [0.5, 0.6) is 0 Å². The highest BCUT2D eigenvalue weighted by Crippen LogP contribution is 2.42. The minimum absolute atomic E-state index is 0.701. The van der Waals surface area contributed by atoms with Crippen molar-refractivity contribution in [2.75, 3.05) is 6.54 Å². The van der Waals surface area contributed by atoms with Crippen LogP contribution in [0.2, 0.25) is 0 Å². The topological polar surface area (TPSA) is 12.0 Å². The maximum absolute atomic E-state index is 4.09. The molecule has 1 N–H and O–H groups in total. The summed E-state index contributed by atoms with van der Waals surface area (Å²) >= 11 is 0. The molecular formula is C12H23N. The molecule has 1 heteroatoms. The molecule has 76 valence electrons. The molecule has 1 fully saturated rings. The molecule has 0 aromatic carbocycles. The molecule has 0 amide bonds. The van der Waals surface area contributed by atoms with Crippen molar-refractivity contribution in [1.82, 2.24) is 5.32 Å². The molecule has 0 heterocycles. The summed E-state index contributed by atoms with van der Waals surface area (Å²) in [6, 6.07) is 0.701. The number of hydrogen-bond donors (Lipinski definition) is 1. The summed E-state index contributed by atoms with van der Waals surface area (Å²) in [7, 11) is 0. The zero-order valence-electron chi connectivity index (χ0n) is 9.27. The lowest BCUT2D eigenvalue weighted by atomic mass is 10.0. The Bertz CT molecular complexity index is 174. The van der Waals surface area contributed by atoms with Gasteiger partial charge in [-0.1, -0.05) is 32.9 Å². The first-order valence-electron chi connectivity index (χ1n) is 5.59. The van der Waals surface area contributed by atoms with Crippen molar-refractivity contribution in [1.29, 1.82) is 0 Å². The second-order valence-electron chi connectivity index (χ2n) is 4.35. The van der Waals surface area contributed by atoms with Crippen LogP contribution in [0.25, 0.3) is 0 Å². The average molecular weight is 181 g/mol. The molecule has 1 saturated carbocycles. The third kappa shape index (κ3) is 3.15. The van der Waals surface area contributed by atoms with E-state index in [1.165, 1.54) is 18.4 Å². The van der Waals surface area contributed by atoms with Gasteiger partial charge in [-0.25, -0.2) is 0 Å². The molecule has 3 unspecified atom stereocenters. The molecule has 1 aliphatic carbocycles. The Kier molecular flexibility index (Phi) is 3.98. The normalized spacial score (nSPS) is 28.5. The molecule has 0 aromatic rings. The largest absolute Gasteiger partial charge is 0.314 e. The second kappa shape index (κ2) is 4.80. The van der Waals surface area contributed by atoms with Crippen molar-refractivity contribution < 1.29 is 0 Å². The van der Waals surface area contributed by atoms with Crippen LogP contribution in [-0.4, -0.2) is 12.6 Å². The maximum Gasteiger partial charge on any atom is 0.0135 e. The van der Waals surface area contributed by atoms with Gasteiger partial charge < -0.3 is 5.32 Å². The van der Waals surface area contributed by atoms with Gasteiger partial charge in [0.05, 0.1) is 0 Å². The zero-order chi connectivity index (χ0) is 9.84. The predicted molar refractivity (Wildman–Crippen MR) is 58.8 cm³/mol. The third-order valence-electron chi connectivity index (χ3n) is 3.16. The molecule has 1 aliphatic rings. The molecule has 3 atom stereocenters. The highest BCUT2D eigenvalue weighted by atomic mass is 14.9. The van der Waals surface area contributed by atoms with Gasteiger partial charge in [0, 0.05) is 6.04 Å². The summed E-state index contributed by atoms with van der Waals surface area (Å²) in [6.07, 6.45) is 3.72. The quantitative estimate of drug-likeness (QED) is 0.621. The smallest absolute Gasteiger partial charge is 0.0135 e. The molecule has 1 rings (SSSR count). The SMILES string of the molecule is C=C(CC)CC(NCC)C1CC1C. The molecular weight excluding hydrogens is 158 g/mol. The molecule has 0 aromatic heterocycles. The van der Waals surface area contributed by atoms with Gasteiger partial charge in [0.1, 0.15) is 0 Å². The minimum atomic E-state index is 0.701. The molecule has 0 aliphatic heterocycles. The summed E-state index contributed by atoms with van der Waals surface area (Å²) in [6.45, 7) is 11.9. The van der Waals surface area contributed by atoms with Crippen molar-refractivity contribution in [2.24, 2.45) is 11.8 Å².